The minimum atomic E-state index is -0.520. The molecule has 7 nitrogen and oxygen atoms in total. The summed E-state index contributed by atoms with van der Waals surface area (Å²) in [5.74, 6) is 0.204. The Morgan fingerprint density at radius 1 is 1.13 bits per heavy atom. The van der Waals surface area contributed by atoms with E-state index in [1.807, 2.05) is 26.0 Å². The van der Waals surface area contributed by atoms with Crippen LogP contribution in [0.2, 0.25) is 0 Å². The van der Waals surface area contributed by atoms with Crippen LogP contribution in [-0.4, -0.2) is 45.8 Å². The molecule has 1 aliphatic carbocycles. The molecule has 30 heavy (non-hydrogen) atoms. The number of Topliss-reactive ketones (excluding diaryl/α,β-unsaturated/α-hetero) is 1. The van der Waals surface area contributed by atoms with E-state index in [0.29, 0.717) is 48.0 Å². The highest BCUT2D eigenvalue weighted by Gasteiger charge is 2.39. The Morgan fingerprint density at radius 2 is 1.90 bits per heavy atom. The number of dihydropyridines is 1. The van der Waals surface area contributed by atoms with Crippen LogP contribution in [-0.2, 0) is 19.1 Å². The van der Waals surface area contributed by atoms with Gasteiger partial charge in [0.05, 0.1) is 26.4 Å². The number of esters is 1. The number of ether oxygens (including phenoxy) is 4. The molecule has 1 aromatic carbocycles. The van der Waals surface area contributed by atoms with Crippen molar-refractivity contribution >= 4 is 11.8 Å². The van der Waals surface area contributed by atoms with E-state index in [9.17, 15) is 9.59 Å². The molecule has 1 N–H and O–H groups in total. The molecular weight excluding hydrogens is 386 g/mol. The van der Waals surface area contributed by atoms with Crippen molar-refractivity contribution in [3.05, 3.63) is 46.3 Å². The lowest BCUT2D eigenvalue weighted by Crippen LogP contribution is -2.34. The van der Waals surface area contributed by atoms with Gasteiger partial charge < -0.3 is 24.3 Å². The first-order valence-electron chi connectivity index (χ1n) is 10.2. The van der Waals surface area contributed by atoms with Crippen LogP contribution < -0.4 is 14.8 Å². The van der Waals surface area contributed by atoms with Gasteiger partial charge in [-0.2, -0.15) is 0 Å². The summed E-state index contributed by atoms with van der Waals surface area (Å²) in [5.41, 5.74) is 3.44. The maximum absolute atomic E-state index is 13.0. The molecule has 3 rings (SSSR count). The average molecular weight is 415 g/mol. The van der Waals surface area contributed by atoms with Crippen LogP contribution in [0.4, 0.5) is 0 Å². The quantitative estimate of drug-likeness (QED) is 0.515. The summed E-state index contributed by atoms with van der Waals surface area (Å²) in [6.07, 6.45) is 2.04. The number of carbonyl (C=O) groups is 2. The molecule has 0 spiro atoms. The Bertz CT molecular complexity index is 886. The first-order valence-corrected chi connectivity index (χ1v) is 10.2. The maximum atomic E-state index is 13.0. The standard InChI is InChI=1S/C23H29NO6/c1-5-29-11-12-30-23(26)20-14(2)24-16-7-6-8-17(25)22(16)21(20)15-9-10-18(27-3)19(13-15)28-4/h9-10,13,21,24H,5-8,11-12H2,1-4H3/t21-/m1/s1. The van der Waals surface area contributed by atoms with Gasteiger partial charge in [0.1, 0.15) is 6.61 Å². The van der Waals surface area contributed by atoms with E-state index in [2.05, 4.69) is 5.32 Å². The first kappa shape index (κ1) is 21.9. The fourth-order valence-corrected chi connectivity index (χ4v) is 4.03. The summed E-state index contributed by atoms with van der Waals surface area (Å²) in [6.45, 7) is 4.77. The second-order valence-corrected chi connectivity index (χ2v) is 7.21. The highest BCUT2D eigenvalue weighted by molar-refractivity contribution is 6.03. The molecule has 0 radical (unpaired) electrons. The lowest BCUT2D eigenvalue weighted by Gasteiger charge is -2.34. The van der Waals surface area contributed by atoms with E-state index >= 15 is 0 Å². The van der Waals surface area contributed by atoms with Gasteiger partial charge in [-0.1, -0.05) is 6.07 Å². The van der Waals surface area contributed by atoms with Gasteiger partial charge in [-0.15, -0.1) is 0 Å². The van der Waals surface area contributed by atoms with E-state index in [-0.39, 0.29) is 12.4 Å². The summed E-state index contributed by atoms with van der Waals surface area (Å²) in [4.78, 5) is 26.0. The second kappa shape index (κ2) is 9.80. The molecule has 0 amide bonds. The lowest BCUT2D eigenvalue weighted by molar-refractivity contribution is -0.140. The number of hydrogen-bond acceptors (Lipinski definition) is 7. The van der Waals surface area contributed by atoms with E-state index in [4.69, 9.17) is 18.9 Å². The van der Waals surface area contributed by atoms with Gasteiger partial charge in [-0.3, -0.25) is 4.79 Å². The molecule has 0 saturated heterocycles. The zero-order chi connectivity index (χ0) is 21.7. The second-order valence-electron chi connectivity index (χ2n) is 7.21. The molecule has 0 unspecified atom stereocenters. The number of rotatable bonds is 8. The lowest BCUT2D eigenvalue weighted by atomic mass is 9.75. The molecule has 1 atom stereocenters. The van der Waals surface area contributed by atoms with Crippen LogP contribution in [0.25, 0.3) is 0 Å². The molecule has 0 aromatic heterocycles. The van der Waals surface area contributed by atoms with Crippen molar-refractivity contribution in [2.45, 2.75) is 39.0 Å². The van der Waals surface area contributed by atoms with E-state index < -0.39 is 11.9 Å². The molecule has 7 heteroatoms. The fourth-order valence-electron chi connectivity index (χ4n) is 4.03. The number of hydrogen-bond donors (Lipinski definition) is 1. The summed E-state index contributed by atoms with van der Waals surface area (Å²) in [5, 5.41) is 3.28. The minimum Gasteiger partial charge on any atom is -0.493 e. The Balaban J connectivity index is 2.04. The van der Waals surface area contributed by atoms with Crippen molar-refractivity contribution in [1.29, 1.82) is 0 Å². The Hall–Kier alpha value is -2.80. The molecule has 1 aliphatic heterocycles. The van der Waals surface area contributed by atoms with E-state index in [0.717, 1.165) is 24.1 Å². The highest BCUT2D eigenvalue weighted by Crippen LogP contribution is 2.44. The summed E-state index contributed by atoms with van der Waals surface area (Å²) < 4.78 is 21.5. The van der Waals surface area contributed by atoms with Crippen molar-refractivity contribution in [2.75, 3.05) is 34.0 Å². The average Bonchev–Trinajstić information content (AvgIpc) is 2.75. The fraction of sp³-hybridized carbons (Fsp3) is 0.478. The largest absolute Gasteiger partial charge is 0.493 e. The van der Waals surface area contributed by atoms with Crippen LogP contribution in [0.15, 0.2) is 40.7 Å². The van der Waals surface area contributed by atoms with Crippen LogP contribution in [0.1, 0.15) is 44.6 Å². The van der Waals surface area contributed by atoms with Gasteiger partial charge in [-0.25, -0.2) is 4.79 Å². The van der Waals surface area contributed by atoms with Crippen LogP contribution in [0.5, 0.6) is 11.5 Å². The van der Waals surface area contributed by atoms with Crippen LogP contribution in [0.3, 0.4) is 0 Å². The first-order chi connectivity index (χ1) is 14.5. The number of nitrogens with one attached hydrogen (secondary N) is 1. The maximum Gasteiger partial charge on any atom is 0.336 e. The smallest absolute Gasteiger partial charge is 0.336 e. The van der Waals surface area contributed by atoms with E-state index in [1.54, 1.807) is 20.3 Å². The number of ketones is 1. The number of carbonyl (C=O) groups excluding carboxylic acids is 2. The monoisotopic (exact) mass is 415 g/mol. The summed E-state index contributed by atoms with van der Waals surface area (Å²) in [6, 6.07) is 5.48. The van der Waals surface area contributed by atoms with Crippen molar-refractivity contribution in [3.63, 3.8) is 0 Å². The van der Waals surface area contributed by atoms with Gasteiger partial charge in [-0.05, 0) is 44.4 Å². The van der Waals surface area contributed by atoms with Gasteiger partial charge in [0, 0.05) is 35.9 Å². The minimum absolute atomic E-state index is 0.0515. The highest BCUT2D eigenvalue weighted by atomic mass is 16.6. The van der Waals surface area contributed by atoms with Crippen molar-refractivity contribution in [2.24, 2.45) is 0 Å². The molecule has 1 heterocycles. The van der Waals surface area contributed by atoms with E-state index in [1.165, 1.54) is 0 Å². The van der Waals surface area contributed by atoms with Crippen molar-refractivity contribution in [1.82, 2.24) is 5.32 Å². The predicted molar refractivity (Wildman–Crippen MR) is 111 cm³/mol. The molecule has 0 saturated carbocycles. The third-order valence-corrected chi connectivity index (χ3v) is 5.40. The van der Waals surface area contributed by atoms with Crippen LogP contribution in [0, 0.1) is 0 Å². The van der Waals surface area contributed by atoms with Crippen molar-refractivity contribution in [3.8, 4) is 11.5 Å². The van der Waals surface area contributed by atoms with Gasteiger partial charge in [0.25, 0.3) is 0 Å². The Labute approximate surface area is 177 Å². The van der Waals surface area contributed by atoms with Gasteiger partial charge in [0.15, 0.2) is 17.3 Å². The third kappa shape index (κ3) is 4.36. The third-order valence-electron chi connectivity index (χ3n) is 5.40. The number of benzene rings is 1. The van der Waals surface area contributed by atoms with Gasteiger partial charge in [0.2, 0.25) is 0 Å². The zero-order valence-corrected chi connectivity index (χ0v) is 18.0. The Morgan fingerprint density at radius 3 is 2.60 bits per heavy atom. The van der Waals surface area contributed by atoms with Crippen LogP contribution >= 0.6 is 0 Å². The summed E-state index contributed by atoms with van der Waals surface area (Å²) in [7, 11) is 3.13. The number of methoxy groups -OCH3 is 2. The van der Waals surface area contributed by atoms with Crippen molar-refractivity contribution < 1.29 is 28.5 Å². The normalized spacial score (nSPS) is 18.7. The molecular formula is C23H29NO6. The zero-order valence-electron chi connectivity index (χ0n) is 18.0. The molecule has 2 aliphatic rings. The molecule has 1 aromatic rings. The Kier molecular flexibility index (Phi) is 7.15. The molecule has 0 bridgehead atoms. The topological polar surface area (TPSA) is 83.1 Å². The SMILES string of the molecule is CCOCCOC(=O)C1=C(C)NC2=C(C(=O)CCC2)[C@@H]1c1ccc(OC)c(OC)c1. The number of allylic oxidation sites excluding steroid dienone is 3. The molecule has 162 valence electrons. The predicted octanol–water partition coefficient (Wildman–Crippen LogP) is 3.25. The molecule has 0 fully saturated rings. The van der Waals surface area contributed by atoms with Gasteiger partial charge >= 0.3 is 5.97 Å². The summed E-state index contributed by atoms with van der Waals surface area (Å²) >= 11 is 0.